The van der Waals surface area contributed by atoms with E-state index in [9.17, 15) is 0 Å². The Morgan fingerprint density at radius 2 is 2.21 bits per heavy atom. The summed E-state index contributed by atoms with van der Waals surface area (Å²) in [4.78, 5) is 2.10. The van der Waals surface area contributed by atoms with Gasteiger partial charge in [0, 0.05) is 12.6 Å². The number of ether oxygens (including phenoxy) is 1. The Kier molecular flexibility index (Phi) is 5.76. The number of nitrogens with one attached hydrogen (secondary N) is 1. The van der Waals surface area contributed by atoms with Crippen molar-refractivity contribution in [2.45, 2.75) is 32.0 Å². The van der Waals surface area contributed by atoms with E-state index in [0.717, 1.165) is 5.69 Å². The first-order chi connectivity index (χ1) is 8.86. The van der Waals surface area contributed by atoms with E-state index in [4.69, 9.17) is 22.2 Å². The number of hydrogen-bond donors (Lipinski definition) is 2. The Morgan fingerprint density at radius 3 is 2.68 bits per heavy atom. The Morgan fingerprint density at radius 1 is 1.58 bits per heavy atom. The topological polar surface area (TPSA) is 68.3 Å². The van der Waals surface area contributed by atoms with Gasteiger partial charge in [-0.25, -0.2) is 5.43 Å². The van der Waals surface area contributed by atoms with E-state index >= 15 is 0 Å². The second kappa shape index (κ2) is 6.67. The van der Waals surface area contributed by atoms with Crippen molar-refractivity contribution in [1.29, 1.82) is 0 Å². The summed E-state index contributed by atoms with van der Waals surface area (Å²) in [5.41, 5.74) is 3.51. The van der Waals surface area contributed by atoms with Crippen molar-refractivity contribution in [1.82, 2.24) is 20.1 Å². The van der Waals surface area contributed by atoms with Gasteiger partial charge in [0.2, 0.25) is 0 Å². The molecule has 7 heteroatoms. The van der Waals surface area contributed by atoms with Crippen LogP contribution in [0.1, 0.15) is 25.6 Å². The molecule has 0 aliphatic heterocycles. The lowest BCUT2D eigenvalue weighted by Crippen LogP contribution is -2.52. The van der Waals surface area contributed by atoms with Gasteiger partial charge in [0.25, 0.3) is 0 Å². The average molecular weight is 290 g/mol. The van der Waals surface area contributed by atoms with E-state index in [0.29, 0.717) is 18.2 Å². The molecule has 19 heavy (non-hydrogen) atoms. The molecule has 0 saturated carbocycles. The van der Waals surface area contributed by atoms with Crippen LogP contribution >= 0.6 is 11.6 Å². The van der Waals surface area contributed by atoms with Gasteiger partial charge in [-0.15, -0.1) is 0 Å². The number of hydrazine groups is 1. The summed E-state index contributed by atoms with van der Waals surface area (Å²) in [6, 6.07) is -0.144. The number of rotatable bonds is 7. The highest BCUT2D eigenvalue weighted by Crippen LogP contribution is 2.33. The van der Waals surface area contributed by atoms with Crippen LogP contribution in [0.3, 0.4) is 0 Å². The molecule has 1 heterocycles. The number of aromatic nitrogens is 2. The van der Waals surface area contributed by atoms with E-state index in [1.54, 1.807) is 13.3 Å². The number of halogens is 1. The molecule has 0 amide bonds. The van der Waals surface area contributed by atoms with Crippen molar-refractivity contribution < 1.29 is 4.74 Å². The zero-order valence-electron chi connectivity index (χ0n) is 12.3. The normalized spacial score (nSPS) is 14.1. The minimum absolute atomic E-state index is 0.144. The molecule has 0 spiro atoms. The van der Waals surface area contributed by atoms with Crippen LogP contribution in [-0.4, -0.2) is 48.0 Å². The van der Waals surface area contributed by atoms with Crippen molar-refractivity contribution in [3.05, 3.63) is 16.9 Å². The average Bonchev–Trinajstić information content (AvgIpc) is 2.69. The van der Waals surface area contributed by atoms with Crippen molar-refractivity contribution in [2.24, 2.45) is 5.84 Å². The fourth-order valence-corrected chi connectivity index (χ4v) is 2.14. The second-order valence-corrected chi connectivity index (χ2v) is 5.65. The number of nitrogens with two attached hydrogens (primary N) is 1. The molecule has 1 atom stereocenters. The highest BCUT2D eigenvalue weighted by atomic mass is 35.5. The third-order valence-corrected chi connectivity index (χ3v) is 3.93. The molecule has 0 aliphatic carbocycles. The molecule has 0 aliphatic rings. The third kappa shape index (κ3) is 3.46. The lowest BCUT2D eigenvalue weighted by Gasteiger charge is -2.40. The first kappa shape index (κ1) is 16.4. The number of nitrogens with zero attached hydrogens (tertiary/aromatic N) is 3. The second-order valence-electron chi connectivity index (χ2n) is 5.24. The first-order valence-electron chi connectivity index (χ1n) is 6.20. The molecular formula is C12H24ClN5O. The molecule has 0 saturated heterocycles. The highest BCUT2D eigenvalue weighted by molar-refractivity contribution is 6.31. The zero-order chi connectivity index (χ0) is 14.6. The summed E-state index contributed by atoms with van der Waals surface area (Å²) in [6.07, 6.45) is 1.64. The summed E-state index contributed by atoms with van der Waals surface area (Å²) in [5, 5.41) is 4.89. The van der Waals surface area contributed by atoms with E-state index in [1.807, 2.05) is 18.8 Å². The van der Waals surface area contributed by atoms with Crippen LogP contribution in [0.4, 0.5) is 0 Å². The Labute approximate surface area is 119 Å². The van der Waals surface area contributed by atoms with Crippen LogP contribution in [0.15, 0.2) is 6.20 Å². The molecule has 1 aromatic heterocycles. The minimum atomic E-state index is -0.219. The summed E-state index contributed by atoms with van der Waals surface area (Å²) in [5.74, 6) is 5.75. The zero-order valence-corrected chi connectivity index (χ0v) is 13.0. The molecule has 3 N–H and O–H groups in total. The largest absolute Gasteiger partial charge is 0.383 e. The van der Waals surface area contributed by atoms with Crippen molar-refractivity contribution in [3.63, 3.8) is 0 Å². The molecule has 1 aromatic rings. The maximum Gasteiger partial charge on any atom is 0.0835 e. The van der Waals surface area contributed by atoms with Crippen molar-refractivity contribution in [3.8, 4) is 0 Å². The molecule has 1 rings (SSSR count). The Bertz CT molecular complexity index is 405. The predicted octanol–water partition coefficient (Wildman–Crippen LogP) is 1.03. The number of hydrogen-bond acceptors (Lipinski definition) is 5. The first-order valence-corrected chi connectivity index (χ1v) is 6.57. The molecule has 0 bridgehead atoms. The maximum absolute atomic E-state index is 6.27. The molecule has 0 aromatic carbocycles. The molecule has 0 fully saturated rings. The lowest BCUT2D eigenvalue weighted by molar-refractivity contribution is 0.129. The lowest BCUT2D eigenvalue weighted by atomic mass is 9.91. The monoisotopic (exact) mass is 289 g/mol. The standard InChI is InChI=1S/C12H24ClN5O/c1-12(2,17(3)4)11(16-14)10-9(13)8-15-18(10)6-7-19-5/h8,11,16H,6-7,14H2,1-5H3. The fourth-order valence-electron chi connectivity index (χ4n) is 1.89. The third-order valence-electron chi connectivity index (χ3n) is 3.64. The summed E-state index contributed by atoms with van der Waals surface area (Å²) in [7, 11) is 5.68. The van der Waals surface area contributed by atoms with E-state index in [-0.39, 0.29) is 11.6 Å². The summed E-state index contributed by atoms with van der Waals surface area (Å²) < 4.78 is 6.93. The minimum Gasteiger partial charge on any atom is -0.383 e. The van der Waals surface area contributed by atoms with Gasteiger partial charge in [-0.1, -0.05) is 11.6 Å². The number of likely N-dealkylation sites (N-methyl/N-ethyl adjacent to an activating group) is 1. The van der Waals surface area contributed by atoms with Gasteiger partial charge in [-0.2, -0.15) is 5.10 Å². The van der Waals surface area contributed by atoms with Gasteiger partial charge in [0.1, 0.15) is 0 Å². The highest BCUT2D eigenvalue weighted by Gasteiger charge is 2.35. The Balaban J connectivity index is 3.14. The predicted molar refractivity (Wildman–Crippen MR) is 76.9 cm³/mol. The van der Waals surface area contributed by atoms with Gasteiger partial charge in [-0.05, 0) is 27.9 Å². The smallest absolute Gasteiger partial charge is 0.0835 e. The van der Waals surface area contributed by atoms with Gasteiger partial charge < -0.3 is 9.64 Å². The van der Waals surface area contributed by atoms with Crippen LogP contribution in [0.2, 0.25) is 5.02 Å². The molecule has 110 valence electrons. The SMILES string of the molecule is COCCn1ncc(Cl)c1C(NN)C(C)(C)N(C)C. The summed E-state index contributed by atoms with van der Waals surface area (Å²) >= 11 is 6.27. The van der Waals surface area contributed by atoms with E-state index in [1.165, 1.54) is 0 Å². The maximum atomic E-state index is 6.27. The van der Waals surface area contributed by atoms with Crippen LogP contribution in [0.5, 0.6) is 0 Å². The van der Waals surface area contributed by atoms with Gasteiger partial charge in [0.15, 0.2) is 0 Å². The van der Waals surface area contributed by atoms with Gasteiger partial charge in [0.05, 0.1) is 36.1 Å². The molecule has 6 nitrogen and oxygen atoms in total. The van der Waals surface area contributed by atoms with E-state index in [2.05, 4.69) is 29.3 Å². The molecule has 0 radical (unpaired) electrons. The summed E-state index contributed by atoms with van der Waals surface area (Å²) in [6.45, 7) is 5.41. The van der Waals surface area contributed by atoms with Gasteiger partial charge in [-0.3, -0.25) is 10.5 Å². The quantitative estimate of drug-likeness (QED) is 0.580. The van der Waals surface area contributed by atoms with Crippen LogP contribution in [0.25, 0.3) is 0 Å². The number of methoxy groups -OCH3 is 1. The molecule has 1 unspecified atom stereocenters. The van der Waals surface area contributed by atoms with Gasteiger partial charge >= 0.3 is 0 Å². The van der Waals surface area contributed by atoms with E-state index < -0.39 is 0 Å². The van der Waals surface area contributed by atoms with Crippen LogP contribution < -0.4 is 11.3 Å². The molecular weight excluding hydrogens is 266 g/mol. The van der Waals surface area contributed by atoms with Crippen molar-refractivity contribution in [2.75, 3.05) is 27.8 Å². The van der Waals surface area contributed by atoms with Crippen molar-refractivity contribution >= 4 is 11.6 Å². The fraction of sp³-hybridized carbons (Fsp3) is 0.750. The van der Waals surface area contributed by atoms with Crippen LogP contribution in [0, 0.1) is 0 Å². The Hall–Kier alpha value is -0.660. The van der Waals surface area contributed by atoms with Crippen LogP contribution in [-0.2, 0) is 11.3 Å².